The number of carbonyl (C=O) groups is 2. The quantitative estimate of drug-likeness (QED) is 0.631. The Morgan fingerprint density at radius 1 is 1.59 bits per heavy atom. The molecule has 0 saturated heterocycles. The van der Waals surface area contributed by atoms with Gasteiger partial charge in [0.05, 0.1) is 24.7 Å². The fourth-order valence-electron chi connectivity index (χ4n) is 1.34. The van der Waals surface area contributed by atoms with E-state index in [2.05, 4.69) is 15.9 Å². The van der Waals surface area contributed by atoms with E-state index in [0.29, 0.717) is 34.1 Å². The van der Waals surface area contributed by atoms with E-state index in [-0.39, 0.29) is 6.42 Å². The second-order valence-electron chi connectivity index (χ2n) is 3.24. The molecule has 0 heterocycles. The molecule has 0 amide bonds. The number of carbonyl (C=O) groups excluding carboxylic acids is 2. The highest BCUT2D eigenvalue weighted by Crippen LogP contribution is 2.21. The Labute approximate surface area is 107 Å². The van der Waals surface area contributed by atoms with Crippen molar-refractivity contribution in [2.45, 2.75) is 13.3 Å². The van der Waals surface area contributed by atoms with Crippen molar-refractivity contribution in [3.8, 4) is 6.07 Å². The van der Waals surface area contributed by atoms with Gasteiger partial charge in [-0.05, 0) is 24.6 Å². The van der Waals surface area contributed by atoms with Gasteiger partial charge in [0.25, 0.3) is 0 Å². The van der Waals surface area contributed by atoms with Crippen LogP contribution in [0.1, 0.15) is 28.4 Å². The van der Waals surface area contributed by atoms with Crippen molar-refractivity contribution in [3.63, 3.8) is 0 Å². The van der Waals surface area contributed by atoms with Gasteiger partial charge in [0.1, 0.15) is 0 Å². The van der Waals surface area contributed by atoms with Crippen molar-refractivity contribution in [3.05, 3.63) is 33.3 Å². The summed E-state index contributed by atoms with van der Waals surface area (Å²) in [4.78, 5) is 22.0. The minimum Gasteiger partial charge on any atom is -0.466 e. The predicted molar refractivity (Wildman–Crippen MR) is 64.6 cm³/mol. The third-order valence-electron chi connectivity index (χ3n) is 2.11. The largest absolute Gasteiger partial charge is 0.466 e. The molecule has 0 radical (unpaired) electrons. The molecule has 88 valence electrons. The summed E-state index contributed by atoms with van der Waals surface area (Å²) in [5, 5.41) is 8.94. The fraction of sp³-hybridized carbons (Fsp3) is 0.250. The SMILES string of the molecule is CCOC(=O)Cc1cc(Br)c(C=O)cc1C#N. The summed E-state index contributed by atoms with van der Waals surface area (Å²) in [6, 6.07) is 5.00. The normalized spacial score (nSPS) is 9.47. The average Bonchev–Trinajstić information content (AvgIpc) is 2.29. The molecular weight excluding hydrogens is 286 g/mol. The first-order valence-corrected chi connectivity index (χ1v) is 5.75. The summed E-state index contributed by atoms with van der Waals surface area (Å²) < 4.78 is 5.37. The van der Waals surface area contributed by atoms with E-state index in [1.54, 1.807) is 13.0 Å². The van der Waals surface area contributed by atoms with Crippen LogP contribution in [0.25, 0.3) is 0 Å². The molecular formula is C12H10BrNO3. The Morgan fingerprint density at radius 2 is 2.29 bits per heavy atom. The number of rotatable bonds is 4. The molecule has 0 aliphatic carbocycles. The maximum absolute atomic E-state index is 11.3. The molecule has 4 nitrogen and oxygen atoms in total. The lowest BCUT2D eigenvalue weighted by Gasteiger charge is -2.06. The number of nitriles is 1. The van der Waals surface area contributed by atoms with Gasteiger partial charge in [0, 0.05) is 10.0 Å². The Kier molecular flexibility index (Phi) is 4.85. The van der Waals surface area contributed by atoms with Crippen LogP contribution in [0.15, 0.2) is 16.6 Å². The van der Waals surface area contributed by atoms with E-state index in [1.807, 2.05) is 6.07 Å². The number of aldehydes is 1. The monoisotopic (exact) mass is 295 g/mol. The molecule has 17 heavy (non-hydrogen) atoms. The van der Waals surface area contributed by atoms with E-state index in [4.69, 9.17) is 10.00 Å². The standard InChI is InChI=1S/C12H10BrNO3/c1-2-17-12(16)5-8-4-11(13)10(7-15)3-9(8)6-14/h3-4,7H,2,5H2,1H3. The minimum absolute atomic E-state index is 0.0223. The van der Waals surface area contributed by atoms with Crippen molar-refractivity contribution in [2.75, 3.05) is 6.61 Å². The highest BCUT2D eigenvalue weighted by molar-refractivity contribution is 9.10. The van der Waals surface area contributed by atoms with Crippen LogP contribution in [0.4, 0.5) is 0 Å². The second-order valence-corrected chi connectivity index (χ2v) is 4.10. The topological polar surface area (TPSA) is 67.2 Å². The summed E-state index contributed by atoms with van der Waals surface area (Å²) in [6.45, 7) is 2.02. The first-order valence-electron chi connectivity index (χ1n) is 4.95. The maximum atomic E-state index is 11.3. The molecule has 1 aromatic rings. The van der Waals surface area contributed by atoms with Crippen LogP contribution in [0.2, 0.25) is 0 Å². The van der Waals surface area contributed by atoms with Gasteiger partial charge in [-0.1, -0.05) is 15.9 Å². The molecule has 0 bridgehead atoms. The number of esters is 1. The average molecular weight is 296 g/mol. The molecule has 0 fully saturated rings. The number of halogens is 1. The number of hydrogen-bond donors (Lipinski definition) is 0. The third-order valence-corrected chi connectivity index (χ3v) is 2.80. The highest BCUT2D eigenvalue weighted by atomic mass is 79.9. The molecule has 5 heteroatoms. The van der Waals surface area contributed by atoms with Gasteiger partial charge in [0.15, 0.2) is 6.29 Å². The number of nitrogens with zero attached hydrogens (tertiary/aromatic N) is 1. The van der Waals surface area contributed by atoms with Crippen LogP contribution in [-0.4, -0.2) is 18.9 Å². The first kappa shape index (κ1) is 13.4. The molecule has 0 aliphatic rings. The Hall–Kier alpha value is -1.67. The zero-order valence-corrected chi connectivity index (χ0v) is 10.8. The van der Waals surface area contributed by atoms with Gasteiger partial charge >= 0.3 is 5.97 Å². The Balaban J connectivity index is 3.07. The molecule has 0 unspecified atom stereocenters. The van der Waals surface area contributed by atoms with E-state index in [9.17, 15) is 9.59 Å². The molecule has 0 aliphatic heterocycles. The number of hydrogen-bond acceptors (Lipinski definition) is 4. The summed E-state index contributed by atoms with van der Waals surface area (Å²) in [6.07, 6.45) is 0.674. The van der Waals surface area contributed by atoms with E-state index in [1.165, 1.54) is 6.07 Å². The Bertz CT molecular complexity index is 491. The zero-order valence-electron chi connectivity index (χ0n) is 9.20. The fourth-order valence-corrected chi connectivity index (χ4v) is 1.82. The lowest BCUT2D eigenvalue weighted by Crippen LogP contribution is -2.09. The summed E-state index contributed by atoms with van der Waals surface area (Å²) in [5.41, 5.74) is 1.24. The van der Waals surface area contributed by atoms with Crippen molar-refractivity contribution in [1.29, 1.82) is 5.26 Å². The van der Waals surface area contributed by atoms with Crippen LogP contribution in [0, 0.1) is 11.3 Å². The van der Waals surface area contributed by atoms with Crippen LogP contribution in [-0.2, 0) is 16.0 Å². The van der Waals surface area contributed by atoms with Gasteiger partial charge < -0.3 is 4.74 Å². The lowest BCUT2D eigenvalue weighted by molar-refractivity contribution is -0.142. The number of ether oxygens (including phenoxy) is 1. The molecule has 1 aromatic carbocycles. The van der Waals surface area contributed by atoms with E-state index >= 15 is 0 Å². The van der Waals surface area contributed by atoms with Gasteiger partial charge in [-0.3, -0.25) is 9.59 Å². The zero-order chi connectivity index (χ0) is 12.8. The van der Waals surface area contributed by atoms with Crippen LogP contribution in [0.5, 0.6) is 0 Å². The molecule has 0 N–H and O–H groups in total. The van der Waals surface area contributed by atoms with Crippen LogP contribution < -0.4 is 0 Å². The lowest BCUT2D eigenvalue weighted by atomic mass is 10.0. The van der Waals surface area contributed by atoms with E-state index < -0.39 is 5.97 Å². The van der Waals surface area contributed by atoms with Crippen molar-refractivity contribution >= 4 is 28.2 Å². The van der Waals surface area contributed by atoms with Crippen molar-refractivity contribution in [1.82, 2.24) is 0 Å². The maximum Gasteiger partial charge on any atom is 0.310 e. The van der Waals surface area contributed by atoms with Crippen molar-refractivity contribution < 1.29 is 14.3 Å². The van der Waals surface area contributed by atoms with Gasteiger partial charge in [-0.2, -0.15) is 5.26 Å². The Morgan fingerprint density at radius 3 is 2.82 bits per heavy atom. The minimum atomic E-state index is -0.394. The molecule has 0 spiro atoms. The number of benzene rings is 1. The smallest absolute Gasteiger partial charge is 0.310 e. The van der Waals surface area contributed by atoms with Crippen LogP contribution >= 0.6 is 15.9 Å². The molecule has 0 atom stereocenters. The first-order chi connectivity index (χ1) is 8.12. The van der Waals surface area contributed by atoms with Gasteiger partial charge in [0.2, 0.25) is 0 Å². The van der Waals surface area contributed by atoms with Crippen LogP contribution in [0.3, 0.4) is 0 Å². The summed E-state index contributed by atoms with van der Waals surface area (Å²) >= 11 is 3.21. The molecule has 0 aromatic heterocycles. The molecule has 0 saturated carbocycles. The summed E-state index contributed by atoms with van der Waals surface area (Å²) in [7, 11) is 0. The highest BCUT2D eigenvalue weighted by Gasteiger charge is 2.12. The second kappa shape index (κ2) is 6.16. The van der Waals surface area contributed by atoms with Gasteiger partial charge in [-0.15, -0.1) is 0 Å². The van der Waals surface area contributed by atoms with E-state index in [0.717, 1.165) is 0 Å². The van der Waals surface area contributed by atoms with Crippen molar-refractivity contribution in [2.24, 2.45) is 0 Å². The third kappa shape index (κ3) is 3.40. The molecule has 1 rings (SSSR count). The van der Waals surface area contributed by atoms with Gasteiger partial charge in [-0.25, -0.2) is 0 Å². The summed E-state index contributed by atoms with van der Waals surface area (Å²) in [5.74, 6) is -0.394. The predicted octanol–water partition coefficient (Wildman–Crippen LogP) is 2.24.